The summed E-state index contributed by atoms with van der Waals surface area (Å²) in [7, 11) is 0. The number of nitriles is 1. The fraction of sp³-hybridized carbons (Fsp3) is 0.370. The lowest BCUT2D eigenvalue weighted by molar-refractivity contribution is -0.136. The molecule has 2 N–H and O–H groups in total. The first-order valence-corrected chi connectivity index (χ1v) is 12.3. The maximum atomic E-state index is 13.1. The molecule has 5 rings (SSSR count). The summed E-state index contributed by atoms with van der Waals surface area (Å²) in [5.74, 6) is 0.863. The lowest BCUT2D eigenvalue weighted by Gasteiger charge is -2.26. The van der Waals surface area contributed by atoms with Crippen LogP contribution < -0.4 is 16.0 Å². The van der Waals surface area contributed by atoms with Crippen molar-refractivity contribution in [2.24, 2.45) is 10.9 Å². The van der Waals surface area contributed by atoms with Crippen molar-refractivity contribution in [2.75, 3.05) is 38.6 Å². The zero-order chi connectivity index (χ0) is 25.8. The molecular weight excluding hydrogens is 472 g/mol. The number of rotatable bonds is 8. The molecule has 0 radical (unpaired) electrons. The van der Waals surface area contributed by atoms with E-state index in [4.69, 9.17) is 15.2 Å². The average molecular weight is 501 g/mol. The smallest absolute Gasteiger partial charge is 0.275 e. The monoisotopic (exact) mass is 500 g/mol. The molecule has 10 heteroatoms. The summed E-state index contributed by atoms with van der Waals surface area (Å²) in [5, 5.41) is 15.1. The van der Waals surface area contributed by atoms with Crippen molar-refractivity contribution in [3.8, 4) is 11.8 Å². The molecule has 1 saturated heterocycles. The Morgan fingerprint density at radius 3 is 2.73 bits per heavy atom. The topological polar surface area (TPSA) is 136 Å². The van der Waals surface area contributed by atoms with E-state index in [1.807, 2.05) is 12.1 Å². The number of benzene rings is 2. The van der Waals surface area contributed by atoms with E-state index in [1.165, 1.54) is 4.68 Å². The molecule has 0 spiro atoms. The minimum atomic E-state index is -0.321. The quantitative estimate of drug-likeness (QED) is 0.370. The largest absolute Gasteiger partial charge is 0.492 e. The van der Waals surface area contributed by atoms with Gasteiger partial charge < -0.3 is 20.1 Å². The maximum absolute atomic E-state index is 13.1. The first-order chi connectivity index (χ1) is 18.0. The Kier molecular flexibility index (Phi) is 7.14. The first kappa shape index (κ1) is 24.5. The van der Waals surface area contributed by atoms with Crippen LogP contribution >= 0.6 is 0 Å². The highest BCUT2D eigenvalue weighted by molar-refractivity contribution is 5.89. The Balaban J connectivity index is 1.40. The van der Waals surface area contributed by atoms with Gasteiger partial charge in [-0.15, -0.1) is 0 Å². The molecule has 10 nitrogen and oxygen atoms in total. The standard InChI is InChI=1S/C27H28N6O4/c28-13-19-11-23(29)20(12-25(19)37-17-18-5-6-18)14-30-15-24-21-3-1-2-4-22(21)27(35)33(31-24)16-26(34)32-7-9-36-10-8-32/h1-4,11-12,14,18H,5-10,15-17,29H2. The van der Waals surface area contributed by atoms with Crippen LogP contribution in [0.1, 0.15) is 29.7 Å². The van der Waals surface area contributed by atoms with Crippen molar-refractivity contribution in [3.63, 3.8) is 0 Å². The van der Waals surface area contributed by atoms with Crippen LogP contribution in [0.15, 0.2) is 46.2 Å². The number of hydrogen-bond donors (Lipinski definition) is 1. The van der Waals surface area contributed by atoms with Crippen molar-refractivity contribution in [1.82, 2.24) is 14.7 Å². The summed E-state index contributed by atoms with van der Waals surface area (Å²) in [6, 6.07) is 12.6. The summed E-state index contributed by atoms with van der Waals surface area (Å²) < 4.78 is 12.4. The summed E-state index contributed by atoms with van der Waals surface area (Å²) >= 11 is 0. The van der Waals surface area contributed by atoms with Crippen LogP contribution in [0.4, 0.5) is 5.69 Å². The number of fused-ring (bicyclic) bond motifs is 1. The predicted octanol–water partition coefficient (Wildman–Crippen LogP) is 2.12. The lowest BCUT2D eigenvalue weighted by Crippen LogP contribution is -2.43. The minimum Gasteiger partial charge on any atom is -0.492 e. The number of amides is 1. The van der Waals surface area contributed by atoms with Crippen molar-refractivity contribution in [3.05, 3.63) is 63.6 Å². The molecule has 2 heterocycles. The number of morpholine rings is 1. The fourth-order valence-corrected chi connectivity index (χ4v) is 4.22. The van der Waals surface area contributed by atoms with E-state index < -0.39 is 0 Å². The highest BCUT2D eigenvalue weighted by Crippen LogP contribution is 2.31. The second-order valence-electron chi connectivity index (χ2n) is 9.26. The molecule has 2 fully saturated rings. The van der Waals surface area contributed by atoms with Gasteiger partial charge in [0, 0.05) is 35.9 Å². The van der Waals surface area contributed by atoms with Crippen LogP contribution in [0.3, 0.4) is 0 Å². The van der Waals surface area contributed by atoms with Gasteiger partial charge in [0.1, 0.15) is 18.4 Å². The Hall–Kier alpha value is -4.23. The predicted molar refractivity (Wildman–Crippen MR) is 138 cm³/mol. The molecule has 0 atom stereocenters. The molecule has 2 aliphatic rings. The molecule has 1 saturated carbocycles. The van der Waals surface area contributed by atoms with Crippen molar-refractivity contribution < 1.29 is 14.3 Å². The Bertz CT molecular complexity index is 1450. The van der Waals surface area contributed by atoms with E-state index in [9.17, 15) is 14.9 Å². The number of nitrogens with two attached hydrogens (primary N) is 1. The molecule has 190 valence electrons. The molecule has 2 aromatic carbocycles. The third-order valence-electron chi connectivity index (χ3n) is 6.54. The third kappa shape index (κ3) is 5.62. The van der Waals surface area contributed by atoms with Crippen LogP contribution in [0.25, 0.3) is 10.8 Å². The van der Waals surface area contributed by atoms with Crippen LogP contribution in [-0.2, 0) is 22.6 Å². The van der Waals surface area contributed by atoms with Gasteiger partial charge in [0.2, 0.25) is 5.91 Å². The molecule has 1 aromatic heterocycles. The number of carbonyl (C=O) groups is 1. The number of aromatic nitrogens is 2. The van der Waals surface area contributed by atoms with Crippen molar-refractivity contribution in [2.45, 2.75) is 25.9 Å². The molecule has 37 heavy (non-hydrogen) atoms. The van der Waals surface area contributed by atoms with Crippen LogP contribution in [0.2, 0.25) is 0 Å². The van der Waals surface area contributed by atoms with Gasteiger partial charge in [-0.2, -0.15) is 10.4 Å². The van der Waals surface area contributed by atoms with Gasteiger partial charge in [0.25, 0.3) is 5.56 Å². The fourth-order valence-electron chi connectivity index (χ4n) is 4.22. The van der Waals surface area contributed by atoms with E-state index in [-0.39, 0.29) is 24.6 Å². The van der Waals surface area contributed by atoms with Gasteiger partial charge >= 0.3 is 0 Å². The van der Waals surface area contributed by atoms with Gasteiger partial charge in [-0.05, 0) is 37.0 Å². The second kappa shape index (κ2) is 10.8. The number of ether oxygens (including phenoxy) is 2. The lowest BCUT2D eigenvalue weighted by atomic mass is 10.1. The molecule has 1 aliphatic carbocycles. The summed E-state index contributed by atoms with van der Waals surface area (Å²) in [6.07, 6.45) is 3.91. The van der Waals surface area contributed by atoms with E-state index in [1.54, 1.807) is 35.4 Å². The third-order valence-corrected chi connectivity index (χ3v) is 6.54. The molecule has 0 unspecified atom stereocenters. The number of nitrogens with zero attached hydrogens (tertiary/aromatic N) is 5. The van der Waals surface area contributed by atoms with E-state index >= 15 is 0 Å². The van der Waals surface area contributed by atoms with Gasteiger partial charge in [0.15, 0.2) is 0 Å². The maximum Gasteiger partial charge on any atom is 0.275 e. The van der Waals surface area contributed by atoms with Crippen LogP contribution in [0, 0.1) is 17.2 Å². The summed E-state index contributed by atoms with van der Waals surface area (Å²) in [4.78, 5) is 32.1. The Labute approximate surface area is 213 Å². The second-order valence-corrected chi connectivity index (χ2v) is 9.26. The number of nitrogen functional groups attached to an aromatic ring is 1. The van der Waals surface area contributed by atoms with E-state index in [2.05, 4.69) is 16.2 Å². The van der Waals surface area contributed by atoms with Crippen LogP contribution in [0.5, 0.6) is 5.75 Å². The highest BCUT2D eigenvalue weighted by Gasteiger charge is 2.23. The van der Waals surface area contributed by atoms with E-state index in [0.29, 0.717) is 77.9 Å². The highest BCUT2D eigenvalue weighted by atomic mass is 16.5. The van der Waals surface area contributed by atoms with Gasteiger partial charge in [-0.1, -0.05) is 18.2 Å². The summed E-state index contributed by atoms with van der Waals surface area (Å²) in [5.41, 5.74) is 7.84. The first-order valence-electron chi connectivity index (χ1n) is 12.3. The van der Waals surface area contributed by atoms with E-state index in [0.717, 1.165) is 12.8 Å². The van der Waals surface area contributed by atoms with Crippen molar-refractivity contribution in [1.29, 1.82) is 5.26 Å². The number of hydrogen-bond acceptors (Lipinski definition) is 8. The molecule has 3 aromatic rings. The zero-order valence-electron chi connectivity index (χ0n) is 20.4. The zero-order valence-corrected chi connectivity index (χ0v) is 20.4. The number of aliphatic imine (C=N–C) groups is 1. The summed E-state index contributed by atoms with van der Waals surface area (Å²) in [6.45, 7) is 2.56. The SMILES string of the molecule is N#Cc1cc(N)c(C=NCc2nn(CC(=O)N3CCOCC3)c(=O)c3ccccc23)cc1OCC1CC1. The Morgan fingerprint density at radius 1 is 1.24 bits per heavy atom. The normalized spacial score (nSPS) is 15.7. The van der Waals surface area contributed by atoms with Gasteiger partial charge in [-0.25, -0.2) is 4.68 Å². The average Bonchev–Trinajstić information content (AvgIpc) is 3.76. The Morgan fingerprint density at radius 2 is 2.00 bits per heavy atom. The molecule has 0 bridgehead atoms. The number of anilines is 1. The van der Waals surface area contributed by atoms with Crippen LogP contribution in [-0.4, -0.2) is 59.7 Å². The minimum absolute atomic E-state index is 0.148. The van der Waals surface area contributed by atoms with Gasteiger partial charge in [0.05, 0.1) is 43.0 Å². The molecular formula is C27H28N6O4. The number of carbonyl (C=O) groups excluding carboxylic acids is 1. The molecule has 1 aliphatic heterocycles. The van der Waals surface area contributed by atoms with Gasteiger partial charge in [-0.3, -0.25) is 14.6 Å². The van der Waals surface area contributed by atoms with Crippen molar-refractivity contribution >= 4 is 28.6 Å². The molecule has 1 amide bonds.